The molecular weight excluding hydrogens is 246 g/mol. The summed E-state index contributed by atoms with van der Waals surface area (Å²) >= 11 is 1.63. The van der Waals surface area contributed by atoms with E-state index in [0.717, 1.165) is 21.8 Å². The average Bonchev–Trinajstić information content (AvgIpc) is 2.76. The number of carboxylic acid groups (broad SMARTS) is 1. The molecule has 0 aliphatic carbocycles. The summed E-state index contributed by atoms with van der Waals surface area (Å²) in [7, 11) is 0. The Bertz CT molecular complexity index is 570. The largest absolute Gasteiger partial charge is 0.481 e. The van der Waals surface area contributed by atoms with Crippen molar-refractivity contribution in [3.05, 3.63) is 46.3 Å². The molecule has 1 N–H and O–H groups in total. The zero-order chi connectivity index (χ0) is 13.0. The molecule has 0 radical (unpaired) electrons. The van der Waals surface area contributed by atoms with Crippen LogP contribution in [-0.2, 0) is 4.79 Å². The van der Waals surface area contributed by atoms with E-state index in [4.69, 9.17) is 5.11 Å². The third-order valence-electron chi connectivity index (χ3n) is 2.43. The van der Waals surface area contributed by atoms with Gasteiger partial charge in [0.05, 0.1) is 17.1 Å². The molecule has 18 heavy (non-hydrogen) atoms. The lowest BCUT2D eigenvalue weighted by Crippen LogP contribution is -1.89. The van der Waals surface area contributed by atoms with Crippen LogP contribution in [0, 0.1) is 6.92 Å². The highest BCUT2D eigenvalue weighted by molar-refractivity contribution is 7.09. The number of benzene rings is 1. The van der Waals surface area contributed by atoms with E-state index in [9.17, 15) is 4.79 Å². The van der Waals surface area contributed by atoms with Crippen molar-refractivity contribution in [2.24, 2.45) is 0 Å². The molecule has 92 valence electrons. The van der Waals surface area contributed by atoms with E-state index in [1.54, 1.807) is 17.4 Å². The van der Waals surface area contributed by atoms with Crippen LogP contribution >= 0.6 is 11.3 Å². The highest BCUT2D eigenvalue weighted by Crippen LogP contribution is 2.22. The Labute approximate surface area is 109 Å². The first-order valence-electron chi connectivity index (χ1n) is 5.56. The molecule has 0 spiro atoms. The van der Waals surface area contributed by atoms with Gasteiger partial charge in [0.15, 0.2) is 0 Å². The summed E-state index contributed by atoms with van der Waals surface area (Å²) in [6.45, 7) is 1.98. The van der Waals surface area contributed by atoms with Gasteiger partial charge in [0.2, 0.25) is 0 Å². The van der Waals surface area contributed by atoms with Gasteiger partial charge in [0.1, 0.15) is 0 Å². The Kier molecular flexibility index (Phi) is 3.89. The maximum atomic E-state index is 10.4. The molecule has 1 aromatic heterocycles. The summed E-state index contributed by atoms with van der Waals surface area (Å²) in [5.41, 5.74) is 3.06. The van der Waals surface area contributed by atoms with Crippen molar-refractivity contribution in [1.29, 1.82) is 0 Å². The van der Waals surface area contributed by atoms with E-state index >= 15 is 0 Å². The van der Waals surface area contributed by atoms with Crippen LogP contribution in [0.2, 0.25) is 0 Å². The van der Waals surface area contributed by atoms with Crippen LogP contribution in [0.25, 0.3) is 17.3 Å². The molecule has 0 unspecified atom stereocenters. The minimum atomic E-state index is -0.819. The predicted molar refractivity (Wildman–Crippen MR) is 73.6 cm³/mol. The van der Waals surface area contributed by atoms with E-state index < -0.39 is 5.97 Å². The highest BCUT2D eigenvalue weighted by atomic mass is 32.1. The molecule has 1 heterocycles. The zero-order valence-electron chi connectivity index (χ0n) is 9.96. The molecule has 3 nitrogen and oxygen atoms in total. The molecule has 2 rings (SSSR count). The van der Waals surface area contributed by atoms with Gasteiger partial charge in [-0.2, -0.15) is 0 Å². The zero-order valence-corrected chi connectivity index (χ0v) is 10.8. The van der Waals surface area contributed by atoms with Crippen molar-refractivity contribution in [2.45, 2.75) is 13.3 Å². The summed E-state index contributed by atoms with van der Waals surface area (Å²) < 4.78 is 0. The number of hydrogen-bond donors (Lipinski definition) is 1. The smallest absolute Gasteiger partial charge is 0.307 e. The molecule has 4 heteroatoms. The van der Waals surface area contributed by atoms with Gasteiger partial charge in [-0.3, -0.25) is 4.79 Å². The van der Waals surface area contributed by atoms with Crippen molar-refractivity contribution in [1.82, 2.24) is 4.98 Å². The molecule has 0 aliphatic rings. The molecule has 0 bridgehead atoms. The number of hydrogen-bond acceptors (Lipinski definition) is 3. The van der Waals surface area contributed by atoms with Gasteiger partial charge in [-0.15, -0.1) is 11.3 Å². The fourth-order valence-electron chi connectivity index (χ4n) is 1.56. The lowest BCUT2D eigenvalue weighted by Gasteiger charge is -1.97. The molecule has 0 saturated carbocycles. The molecule has 1 aromatic carbocycles. The van der Waals surface area contributed by atoms with Gasteiger partial charge in [-0.05, 0) is 12.5 Å². The minimum absolute atomic E-state index is 0.0486. The minimum Gasteiger partial charge on any atom is -0.481 e. The Morgan fingerprint density at radius 1 is 1.39 bits per heavy atom. The van der Waals surface area contributed by atoms with Gasteiger partial charge >= 0.3 is 5.97 Å². The molecule has 0 aliphatic heterocycles. The van der Waals surface area contributed by atoms with E-state index in [-0.39, 0.29) is 6.42 Å². The third-order valence-corrected chi connectivity index (χ3v) is 3.20. The number of aromatic nitrogens is 1. The van der Waals surface area contributed by atoms with E-state index in [0.29, 0.717) is 0 Å². The first-order valence-corrected chi connectivity index (χ1v) is 6.44. The van der Waals surface area contributed by atoms with Gasteiger partial charge < -0.3 is 5.11 Å². The Balaban J connectivity index is 2.10. The first-order chi connectivity index (χ1) is 8.65. The molecule has 0 amide bonds. The normalized spacial score (nSPS) is 10.9. The third kappa shape index (κ3) is 3.28. The lowest BCUT2D eigenvalue weighted by atomic mass is 10.1. The number of rotatable bonds is 4. The van der Waals surface area contributed by atoms with Crippen LogP contribution in [0.5, 0.6) is 0 Å². The van der Waals surface area contributed by atoms with Crippen molar-refractivity contribution in [2.75, 3.05) is 0 Å². The average molecular weight is 259 g/mol. The SMILES string of the molecule is Cc1nc(-c2ccc(/C=C/CC(=O)O)cc2)cs1. The number of aryl methyl sites for hydroxylation is 1. The van der Waals surface area contributed by atoms with E-state index in [1.165, 1.54) is 0 Å². The van der Waals surface area contributed by atoms with E-state index in [1.807, 2.05) is 42.6 Å². The predicted octanol–water partition coefficient (Wildman–Crippen LogP) is 3.61. The maximum Gasteiger partial charge on any atom is 0.307 e. The quantitative estimate of drug-likeness (QED) is 0.912. The van der Waals surface area contributed by atoms with Crippen LogP contribution in [0.15, 0.2) is 35.7 Å². The number of aliphatic carboxylic acids is 1. The van der Waals surface area contributed by atoms with Crippen LogP contribution in [0.4, 0.5) is 0 Å². The van der Waals surface area contributed by atoms with Crippen molar-refractivity contribution in [3.63, 3.8) is 0 Å². The number of thiazole rings is 1. The second-order valence-electron chi connectivity index (χ2n) is 3.87. The summed E-state index contributed by atoms with van der Waals surface area (Å²) in [5.74, 6) is -0.819. The summed E-state index contributed by atoms with van der Waals surface area (Å²) in [6.07, 6.45) is 3.50. The van der Waals surface area contributed by atoms with Crippen molar-refractivity contribution >= 4 is 23.4 Å². The van der Waals surface area contributed by atoms with Gasteiger partial charge in [0, 0.05) is 10.9 Å². The second-order valence-corrected chi connectivity index (χ2v) is 4.94. The van der Waals surface area contributed by atoms with Crippen LogP contribution in [-0.4, -0.2) is 16.1 Å². The fourth-order valence-corrected chi connectivity index (χ4v) is 2.18. The topological polar surface area (TPSA) is 50.2 Å². The van der Waals surface area contributed by atoms with Gasteiger partial charge in [-0.1, -0.05) is 36.4 Å². The van der Waals surface area contributed by atoms with Gasteiger partial charge in [-0.25, -0.2) is 4.98 Å². The first kappa shape index (κ1) is 12.5. The van der Waals surface area contributed by atoms with Crippen molar-refractivity contribution in [3.8, 4) is 11.3 Å². The summed E-state index contributed by atoms with van der Waals surface area (Å²) in [4.78, 5) is 14.8. The summed E-state index contributed by atoms with van der Waals surface area (Å²) in [5, 5.41) is 11.6. The Morgan fingerprint density at radius 3 is 2.67 bits per heavy atom. The highest BCUT2D eigenvalue weighted by Gasteiger charge is 2.01. The molecule has 0 atom stereocenters. The van der Waals surface area contributed by atoms with Crippen LogP contribution in [0.3, 0.4) is 0 Å². The monoisotopic (exact) mass is 259 g/mol. The molecule has 2 aromatic rings. The Morgan fingerprint density at radius 2 is 2.11 bits per heavy atom. The Hall–Kier alpha value is -1.94. The number of carboxylic acids is 1. The standard InChI is InChI=1S/C14H13NO2S/c1-10-15-13(9-18-10)12-7-5-11(6-8-12)3-2-4-14(16)17/h2-3,5-9H,4H2,1H3,(H,16,17)/b3-2+. The number of carbonyl (C=O) groups is 1. The van der Waals surface area contributed by atoms with Crippen LogP contribution < -0.4 is 0 Å². The van der Waals surface area contributed by atoms with Gasteiger partial charge in [0.25, 0.3) is 0 Å². The number of nitrogens with zero attached hydrogens (tertiary/aromatic N) is 1. The second kappa shape index (κ2) is 5.60. The maximum absolute atomic E-state index is 10.4. The lowest BCUT2D eigenvalue weighted by molar-refractivity contribution is -0.135. The molecule has 0 saturated heterocycles. The van der Waals surface area contributed by atoms with Crippen LogP contribution in [0.1, 0.15) is 17.0 Å². The fraction of sp³-hybridized carbons (Fsp3) is 0.143. The van der Waals surface area contributed by atoms with E-state index in [2.05, 4.69) is 4.98 Å². The molecule has 0 fully saturated rings. The van der Waals surface area contributed by atoms with Crippen molar-refractivity contribution < 1.29 is 9.90 Å². The molecular formula is C14H13NO2S. The summed E-state index contributed by atoms with van der Waals surface area (Å²) in [6, 6.07) is 7.91.